The number of carbonyl (C=O) groups excluding carboxylic acids is 1. The Morgan fingerprint density at radius 2 is 1.68 bits per heavy atom. The van der Waals surface area contributed by atoms with Crippen molar-refractivity contribution in [1.82, 2.24) is 0 Å². The first kappa shape index (κ1) is 18.3. The van der Waals surface area contributed by atoms with Crippen LogP contribution in [0.15, 0.2) is 30.3 Å². The highest BCUT2D eigenvalue weighted by Gasteiger charge is 1.98. The summed E-state index contributed by atoms with van der Waals surface area (Å²) in [6.07, 6.45) is 10.4. The molecule has 0 N–H and O–H groups in total. The second-order valence-electron chi connectivity index (χ2n) is 5.27. The SMILES string of the molecule is CCCCCCCCOC(=O)/C=C/c1ccc(OCC)cc1. The van der Waals surface area contributed by atoms with E-state index in [4.69, 9.17) is 9.47 Å². The zero-order valence-corrected chi connectivity index (χ0v) is 13.8. The molecule has 0 atom stereocenters. The molecule has 0 unspecified atom stereocenters. The molecule has 1 aromatic rings. The lowest BCUT2D eigenvalue weighted by Gasteiger charge is -2.03. The van der Waals surface area contributed by atoms with E-state index < -0.39 is 0 Å². The summed E-state index contributed by atoms with van der Waals surface area (Å²) in [5.74, 6) is 0.563. The van der Waals surface area contributed by atoms with Crippen molar-refractivity contribution in [2.24, 2.45) is 0 Å². The maximum atomic E-state index is 11.6. The van der Waals surface area contributed by atoms with Crippen molar-refractivity contribution in [2.75, 3.05) is 13.2 Å². The molecular formula is C19H28O3. The van der Waals surface area contributed by atoms with Crippen LogP contribution in [0.25, 0.3) is 6.08 Å². The van der Waals surface area contributed by atoms with Crippen LogP contribution in [0.3, 0.4) is 0 Å². The van der Waals surface area contributed by atoms with E-state index >= 15 is 0 Å². The first-order chi connectivity index (χ1) is 10.8. The molecule has 0 amide bonds. The molecule has 0 heterocycles. The first-order valence-corrected chi connectivity index (χ1v) is 8.34. The van der Waals surface area contributed by atoms with E-state index in [0.717, 1.165) is 24.2 Å². The minimum absolute atomic E-state index is 0.276. The van der Waals surface area contributed by atoms with Gasteiger partial charge in [-0.1, -0.05) is 51.2 Å². The quantitative estimate of drug-likeness (QED) is 0.328. The molecule has 3 nitrogen and oxygen atoms in total. The van der Waals surface area contributed by atoms with E-state index in [9.17, 15) is 4.79 Å². The summed E-state index contributed by atoms with van der Waals surface area (Å²) in [6, 6.07) is 7.63. The monoisotopic (exact) mass is 304 g/mol. The Morgan fingerprint density at radius 1 is 1.00 bits per heavy atom. The van der Waals surface area contributed by atoms with Gasteiger partial charge >= 0.3 is 5.97 Å². The summed E-state index contributed by atoms with van der Waals surface area (Å²) in [5, 5.41) is 0. The third kappa shape index (κ3) is 8.50. The van der Waals surface area contributed by atoms with Crippen LogP contribution in [0.1, 0.15) is 57.9 Å². The van der Waals surface area contributed by atoms with Crippen molar-refractivity contribution in [3.05, 3.63) is 35.9 Å². The fraction of sp³-hybridized carbons (Fsp3) is 0.526. The average Bonchev–Trinajstić information content (AvgIpc) is 2.54. The summed E-state index contributed by atoms with van der Waals surface area (Å²) in [5.41, 5.74) is 0.958. The van der Waals surface area contributed by atoms with Gasteiger partial charge in [-0.25, -0.2) is 4.79 Å². The van der Waals surface area contributed by atoms with Gasteiger partial charge in [0.1, 0.15) is 5.75 Å². The standard InChI is InChI=1S/C19H28O3/c1-3-5-6-7-8-9-16-22-19(20)15-12-17-10-13-18(14-11-17)21-4-2/h10-15H,3-9,16H2,1-2H3/b15-12+. The molecule has 22 heavy (non-hydrogen) atoms. The lowest BCUT2D eigenvalue weighted by Crippen LogP contribution is -2.02. The minimum atomic E-state index is -0.276. The number of unbranched alkanes of at least 4 members (excludes halogenated alkanes) is 5. The second-order valence-corrected chi connectivity index (χ2v) is 5.27. The molecule has 0 radical (unpaired) electrons. The lowest BCUT2D eigenvalue weighted by atomic mass is 10.1. The van der Waals surface area contributed by atoms with Crippen molar-refractivity contribution in [3.8, 4) is 5.75 Å². The van der Waals surface area contributed by atoms with Crippen LogP contribution < -0.4 is 4.74 Å². The highest BCUT2D eigenvalue weighted by atomic mass is 16.5. The number of benzene rings is 1. The lowest BCUT2D eigenvalue weighted by molar-refractivity contribution is -0.137. The van der Waals surface area contributed by atoms with Crippen LogP contribution in [0.4, 0.5) is 0 Å². The third-order valence-electron chi connectivity index (χ3n) is 3.35. The molecule has 0 saturated heterocycles. The molecule has 1 rings (SSSR count). The molecule has 0 aliphatic rings. The molecule has 0 bridgehead atoms. The number of hydrogen-bond donors (Lipinski definition) is 0. The summed E-state index contributed by atoms with van der Waals surface area (Å²) in [6.45, 7) is 5.32. The largest absolute Gasteiger partial charge is 0.494 e. The number of ether oxygens (including phenoxy) is 2. The molecule has 122 valence electrons. The van der Waals surface area contributed by atoms with E-state index in [1.54, 1.807) is 6.08 Å². The van der Waals surface area contributed by atoms with E-state index in [2.05, 4.69) is 6.92 Å². The van der Waals surface area contributed by atoms with Crippen LogP contribution in [0.2, 0.25) is 0 Å². The Balaban J connectivity index is 2.18. The van der Waals surface area contributed by atoms with Crippen molar-refractivity contribution in [3.63, 3.8) is 0 Å². The number of carbonyl (C=O) groups is 1. The Kier molecular flexibility index (Phi) is 9.84. The molecular weight excluding hydrogens is 276 g/mol. The molecule has 0 saturated carbocycles. The molecule has 0 aliphatic carbocycles. The van der Waals surface area contributed by atoms with Crippen LogP contribution in [-0.4, -0.2) is 19.2 Å². The highest BCUT2D eigenvalue weighted by molar-refractivity contribution is 5.87. The Bertz CT molecular complexity index is 434. The van der Waals surface area contributed by atoms with Crippen LogP contribution in [-0.2, 0) is 9.53 Å². The summed E-state index contributed by atoms with van der Waals surface area (Å²) < 4.78 is 10.6. The molecule has 3 heteroatoms. The number of rotatable bonds is 11. The van der Waals surface area contributed by atoms with Crippen LogP contribution in [0, 0.1) is 0 Å². The van der Waals surface area contributed by atoms with Crippen molar-refractivity contribution in [2.45, 2.75) is 52.4 Å². The van der Waals surface area contributed by atoms with Gasteiger partial charge in [-0.05, 0) is 37.1 Å². The zero-order chi connectivity index (χ0) is 16.0. The van der Waals surface area contributed by atoms with Gasteiger partial charge in [-0.15, -0.1) is 0 Å². The van der Waals surface area contributed by atoms with Gasteiger partial charge in [0.15, 0.2) is 0 Å². The van der Waals surface area contributed by atoms with Crippen LogP contribution >= 0.6 is 0 Å². The van der Waals surface area contributed by atoms with Gasteiger partial charge in [0.2, 0.25) is 0 Å². The first-order valence-electron chi connectivity index (χ1n) is 8.34. The van der Waals surface area contributed by atoms with Gasteiger partial charge < -0.3 is 9.47 Å². The van der Waals surface area contributed by atoms with Crippen molar-refractivity contribution in [1.29, 1.82) is 0 Å². The van der Waals surface area contributed by atoms with Gasteiger partial charge in [0.05, 0.1) is 13.2 Å². The highest BCUT2D eigenvalue weighted by Crippen LogP contribution is 2.13. The minimum Gasteiger partial charge on any atom is -0.494 e. The fourth-order valence-corrected chi connectivity index (χ4v) is 2.11. The summed E-state index contributed by atoms with van der Waals surface area (Å²) in [7, 11) is 0. The maximum Gasteiger partial charge on any atom is 0.330 e. The van der Waals surface area contributed by atoms with Crippen LogP contribution in [0.5, 0.6) is 5.75 Å². The summed E-state index contributed by atoms with van der Waals surface area (Å²) >= 11 is 0. The molecule has 0 fully saturated rings. The topological polar surface area (TPSA) is 35.5 Å². The molecule has 1 aromatic carbocycles. The Labute approximate surface area is 134 Å². The second kappa shape index (κ2) is 11.8. The van der Waals surface area contributed by atoms with Gasteiger partial charge in [0.25, 0.3) is 0 Å². The normalized spacial score (nSPS) is 10.8. The predicted octanol–water partition coefficient (Wildman–Crippen LogP) is 5.00. The van der Waals surface area contributed by atoms with E-state index in [0.29, 0.717) is 13.2 Å². The van der Waals surface area contributed by atoms with Gasteiger partial charge in [-0.2, -0.15) is 0 Å². The van der Waals surface area contributed by atoms with Gasteiger partial charge in [0, 0.05) is 6.08 Å². The average molecular weight is 304 g/mol. The maximum absolute atomic E-state index is 11.6. The molecule has 0 spiro atoms. The fourth-order valence-electron chi connectivity index (χ4n) is 2.11. The van der Waals surface area contributed by atoms with E-state index in [-0.39, 0.29) is 5.97 Å². The van der Waals surface area contributed by atoms with Gasteiger partial charge in [-0.3, -0.25) is 0 Å². The Morgan fingerprint density at radius 3 is 2.36 bits per heavy atom. The van der Waals surface area contributed by atoms with E-state index in [1.807, 2.05) is 31.2 Å². The molecule has 0 aliphatic heterocycles. The van der Waals surface area contributed by atoms with Crippen molar-refractivity contribution < 1.29 is 14.3 Å². The zero-order valence-electron chi connectivity index (χ0n) is 13.8. The Hall–Kier alpha value is -1.77. The molecule has 0 aromatic heterocycles. The summed E-state index contributed by atoms with van der Waals surface area (Å²) in [4.78, 5) is 11.6. The van der Waals surface area contributed by atoms with E-state index in [1.165, 1.54) is 31.8 Å². The number of esters is 1. The third-order valence-corrected chi connectivity index (χ3v) is 3.35. The number of hydrogen-bond acceptors (Lipinski definition) is 3. The predicted molar refractivity (Wildman–Crippen MR) is 91.0 cm³/mol. The smallest absolute Gasteiger partial charge is 0.330 e. The van der Waals surface area contributed by atoms with Crippen molar-refractivity contribution >= 4 is 12.0 Å².